The van der Waals surface area contributed by atoms with E-state index in [9.17, 15) is 4.79 Å². The summed E-state index contributed by atoms with van der Waals surface area (Å²) in [7, 11) is 0. The molecule has 0 aliphatic heterocycles. The summed E-state index contributed by atoms with van der Waals surface area (Å²) in [5.41, 5.74) is 4.60. The largest absolute Gasteiger partial charge is 0.350 e. The van der Waals surface area contributed by atoms with E-state index in [-0.39, 0.29) is 11.8 Å². The molecule has 2 aromatic rings. The highest BCUT2D eigenvalue weighted by Crippen LogP contribution is 2.46. The van der Waals surface area contributed by atoms with Gasteiger partial charge in [0.1, 0.15) is 0 Å². The van der Waals surface area contributed by atoms with Crippen LogP contribution < -0.4 is 5.32 Å². The zero-order valence-electron chi connectivity index (χ0n) is 12.6. The SMILES string of the molecule is CC1=C(c2ccccc2)C1C(=O)NCc1cncn1C1CC1. The number of hydrogen-bond donors (Lipinski definition) is 1. The molecule has 1 fully saturated rings. The van der Waals surface area contributed by atoms with Crippen molar-refractivity contribution in [2.75, 3.05) is 0 Å². The maximum atomic E-state index is 12.4. The number of hydrogen-bond acceptors (Lipinski definition) is 2. The van der Waals surface area contributed by atoms with Crippen molar-refractivity contribution in [1.29, 1.82) is 0 Å². The number of imidazole rings is 1. The molecule has 1 amide bonds. The van der Waals surface area contributed by atoms with Crippen LogP contribution in [0.4, 0.5) is 0 Å². The number of rotatable bonds is 5. The van der Waals surface area contributed by atoms with Crippen molar-refractivity contribution in [3.63, 3.8) is 0 Å². The van der Waals surface area contributed by atoms with Crippen molar-refractivity contribution in [2.45, 2.75) is 32.4 Å². The number of aromatic nitrogens is 2. The van der Waals surface area contributed by atoms with Crippen LogP contribution in [-0.2, 0) is 11.3 Å². The molecular formula is C18H19N3O. The van der Waals surface area contributed by atoms with Gasteiger partial charge in [0.15, 0.2) is 0 Å². The molecule has 0 radical (unpaired) electrons. The molecule has 2 aliphatic carbocycles. The molecular weight excluding hydrogens is 274 g/mol. The molecule has 0 saturated heterocycles. The monoisotopic (exact) mass is 293 g/mol. The highest BCUT2D eigenvalue weighted by atomic mass is 16.2. The van der Waals surface area contributed by atoms with Gasteiger partial charge in [-0.1, -0.05) is 35.9 Å². The highest BCUT2D eigenvalue weighted by Gasteiger charge is 2.39. The molecule has 1 saturated carbocycles. The first kappa shape index (κ1) is 13.3. The summed E-state index contributed by atoms with van der Waals surface area (Å²) in [5.74, 6) is 0.0413. The third-order valence-electron chi connectivity index (χ3n) is 4.54. The lowest BCUT2D eigenvalue weighted by atomic mass is 10.1. The molecule has 0 bridgehead atoms. The van der Waals surface area contributed by atoms with Crippen LogP contribution in [0.2, 0.25) is 0 Å². The third kappa shape index (κ3) is 2.34. The maximum Gasteiger partial charge on any atom is 0.232 e. The fraction of sp³-hybridized carbons (Fsp3) is 0.333. The quantitative estimate of drug-likeness (QED) is 0.921. The smallest absolute Gasteiger partial charge is 0.232 e. The predicted octanol–water partition coefficient (Wildman–Crippen LogP) is 2.94. The molecule has 22 heavy (non-hydrogen) atoms. The topological polar surface area (TPSA) is 46.9 Å². The minimum absolute atomic E-state index is 0.0558. The van der Waals surface area contributed by atoms with Gasteiger partial charge in [0.05, 0.1) is 24.5 Å². The Hall–Kier alpha value is -2.36. The molecule has 4 nitrogen and oxygen atoms in total. The fourth-order valence-corrected chi connectivity index (χ4v) is 3.10. The zero-order valence-corrected chi connectivity index (χ0v) is 12.6. The van der Waals surface area contributed by atoms with Crippen molar-refractivity contribution in [2.24, 2.45) is 5.92 Å². The first-order valence-corrected chi connectivity index (χ1v) is 7.80. The standard InChI is InChI=1S/C18H19N3O/c1-12-16(13-5-3-2-4-6-13)17(12)18(22)20-10-15-9-19-11-21(15)14-7-8-14/h2-6,9,11,14,17H,7-8,10H2,1H3,(H,20,22). The summed E-state index contributed by atoms with van der Waals surface area (Å²) < 4.78 is 2.19. The van der Waals surface area contributed by atoms with Crippen LogP contribution in [-0.4, -0.2) is 15.5 Å². The lowest BCUT2D eigenvalue weighted by molar-refractivity contribution is -0.121. The molecule has 1 N–H and O–H groups in total. The van der Waals surface area contributed by atoms with Crippen LogP contribution in [0.25, 0.3) is 5.57 Å². The molecule has 4 rings (SSSR count). The van der Waals surface area contributed by atoms with Crippen molar-refractivity contribution in [1.82, 2.24) is 14.9 Å². The van der Waals surface area contributed by atoms with Gasteiger partial charge in [-0.05, 0) is 30.9 Å². The van der Waals surface area contributed by atoms with Gasteiger partial charge in [-0.3, -0.25) is 4.79 Å². The Morgan fingerprint density at radius 1 is 1.32 bits per heavy atom. The van der Waals surface area contributed by atoms with Gasteiger partial charge in [-0.25, -0.2) is 4.98 Å². The molecule has 2 aliphatic rings. The van der Waals surface area contributed by atoms with Crippen LogP contribution >= 0.6 is 0 Å². The van der Waals surface area contributed by atoms with E-state index in [1.165, 1.54) is 24.0 Å². The van der Waals surface area contributed by atoms with Crippen molar-refractivity contribution >= 4 is 11.5 Å². The van der Waals surface area contributed by atoms with Gasteiger partial charge in [-0.2, -0.15) is 0 Å². The van der Waals surface area contributed by atoms with Crippen molar-refractivity contribution < 1.29 is 4.79 Å². The Kier molecular flexibility index (Phi) is 3.10. The summed E-state index contributed by atoms with van der Waals surface area (Å²) in [4.78, 5) is 16.6. The number of carbonyl (C=O) groups excluding carboxylic acids is 1. The molecule has 1 atom stereocenters. The van der Waals surface area contributed by atoms with Crippen LogP contribution in [0.15, 0.2) is 48.4 Å². The Morgan fingerprint density at radius 3 is 2.82 bits per heavy atom. The Bertz CT molecular complexity index is 741. The van der Waals surface area contributed by atoms with E-state index in [0.717, 1.165) is 11.3 Å². The Labute approximate surface area is 129 Å². The number of benzene rings is 1. The second-order valence-electron chi connectivity index (χ2n) is 6.14. The molecule has 112 valence electrons. The average molecular weight is 293 g/mol. The lowest BCUT2D eigenvalue weighted by Gasteiger charge is -2.08. The second kappa shape index (κ2) is 5.13. The summed E-state index contributed by atoms with van der Waals surface area (Å²) in [6, 6.07) is 10.7. The average Bonchev–Trinajstić information content (AvgIpc) is 3.45. The molecule has 1 aromatic carbocycles. The summed E-state index contributed by atoms with van der Waals surface area (Å²) in [5, 5.41) is 3.06. The van der Waals surface area contributed by atoms with Crippen LogP contribution in [0.5, 0.6) is 0 Å². The number of carbonyl (C=O) groups is 1. The zero-order chi connectivity index (χ0) is 15.1. The predicted molar refractivity (Wildman–Crippen MR) is 84.9 cm³/mol. The summed E-state index contributed by atoms with van der Waals surface area (Å²) in [6.45, 7) is 2.60. The molecule has 1 heterocycles. The van der Waals surface area contributed by atoms with Gasteiger partial charge in [-0.15, -0.1) is 0 Å². The molecule has 4 heteroatoms. The van der Waals surface area contributed by atoms with Crippen LogP contribution in [0.3, 0.4) is 0 Å². The van der Waals surface area contributed by atoms with Crippen molar-refractivity contribution in [3.8, 4) is 0 Å². The minimum Gasteiger partial charge on any atom is -0.350 e. The fourth-order valence-electron chi connectivity index (χ4n) is 3.10. The van der Waals surface area contributed by atoms with E-state index in [1.807, 2.05) is 37.6 Å². The number of nitrogens with zero attached hydrogens (tertiary/aromatic N) is 2. The van der Waals surface area contributed by atoms with Crippen LogP contribution in [0, 0.1) is 5.92 Å². The number of nitrogens with one attached hydrogen (secondary N) is 1. The summed E-state index contributed by atoms with van der Waals surface area (Å²) >= 11 is 0. The first-order chi connectivity index (χ1) is 10.8. The second-order valence-corrected chi connectivity index (χ2v) is 6.14. The van der Waals surface area contributed by atoms with E-state index < -0.39 is 0 Å². The maximum absolute atomic E-state index is 12.4. The minimum atomic E-state index is -0.0558. The van der Waals surface area contributed by atoms with E-state index in [1.54, 1.807) is 0 Å². The summed E-state index contributed by atoms with van der Waals surface area (Å²) in [6.07, 6.45) is 6.16. The van der Waals surface area contributed by atoms with Crippen molar-refractivity contribution in [3.05, 3.63) is 59.7 Å². The van der Waals surface area contributed by atoms with Crippen LogP contribution in [0.1, 0.15) is 37.1 Å². The first-order valence-electron chi connectivity index (χ1n) is 7.80. The van der Waals surface area contributed by atoms with E-state index in [2.05, 4.69) is 27.0 Å². The highest BCUT2D eigenvalue weighted by molar-refractivity contribution is 6.05. The Morgan fingerprint density at radius 2 is 2.09 bits per heavy atom. The normalized spacial score (nSPS) is 20.1. The van der Waals surface area contributed by atoms with E-state index in [4.69, 9.17) is 0 Å². The van der Waals surface area contributed by atoms with Gasteiger partial charge in [0, 0.05) is 12.2 Å². The van der Waals surface area contributed by atoms with Gasteiger partial charge in [0.25, 0.3) is 0 Å². The third-order valence-corrected chi connectivity index (χ3v) is 4.54. The van der Waals surface area contributed by atoms with E-state index in [0.29, 0.717) is 12.6 Å². The molecule has 1 unspecified atom stereocenters. The van der Waals surface area contributed by atoms with Gasteiger partial charge < -0.3 is 9.88 Å². The molecule has 1 aromatic heterocycles. The van der Waals surface area contributed by atoms with Gasteiger partial charge in [0.2, 0.25) is 5.91 Å². The van der Waals surface area contributed by atoms with Gasteiger partial charge >= 0.3 is 0 Å². The Balaban J connectivity index is 1.39. The molecule has 0 spiro atoms. The van der Waals surface area contributed by atoms with E-state index >= 15 is 0 Å². The number of amides is 1. The lowest BCUT2D eigenvalue weighted by Crippen LogP contribution is -2.26.